The van der Waals surface area contributed by atoms with E-state index in [1.54, 1.807) is 23.4 Å². The predicted molar refractivity (Wildman–Crippen MR) is 88.6 cm³/mol. The number of likely N-dealkylation sites (tertiary alicyclic amines) is 1. The summed E-state index contributed by atoms with van der Waals surface area (Å²) in [5.74, 6) is -0.582. The van der Waals surface area contributed by atoms with Crippen LogP contribution >= 0.6 is 11.3 Å². The van der Waals surface area contributed by atoms with E-state index in [2.05, 4.69) is 15.0 Å². The van der Waals surface area contributed by atoms with Crippen LogP contribution in [0.5, 0.6) is 0 Å². The summed E-state index contributed by atoms with van der Waals surface area (Å²) in [6.45, 7) is 4.45. The third-order valence-corrected chi connectivity index (χ3v) is 5.57. The quantitative estimate of drug-likeness (QED) is 0.911. The van der Waals surface area contributed by atoms with E-state index < -0.39 is 11.4 Å². The highest BCUT2D eigenvalue weighted by atomic mass is 32.1. The second-order valence-corrected chi connectivity index (χ2v) is 7.23. The number of rotatable bonds is 4. The second kappa shape index (κ2) is 6.27. The number of carboxylic acid groups (broad SMARTS) is 1. The van der Waals surface area contributed by atoms with E-state index in [1.807, 2.05) is 13.8 Å². The third kappa shape index (κ3) is 2.77. The summed E-state index contributed by atoms with van der Waals surface area (Å²) < 4.78 is 0. The molecule has 7 nitrogen and oxygen atoms in total. The second-order valence-electron chi connectivity index (χ2n) is 6.19. The van der Waals surface area contributed by atoms with Crippen LogP contribution in [0.2, 0.25) is 0 Å². The van der Waals surface area contributed by atoms with E-state index in [4.69, 9.17) is 0 Å². The monoisotopic (exact) mass is 346 g/mol. The van der Waals surface area contributed by atoms with Crippen molar-refractivity contribution in [1.29, 1.82) is 0 Å². The molecule has 0 bridgehead atoms. The van der Waals surface area contributed by atoms with Gasteiger partial charge in [0.2, 0.25) is 0 Å². The van der Waals surface area contributed by atoms with Gasteiger partial charge in [0.1, 0.15) is 4.88 Å². The molecular weight excluding hydrogens is 328 g/mol. The van der Waals surface area contributed by atoms with Gasteiger partial charge in [-0.2, -0.15) is 0 Å². The largest absolute Gasteiger partial charge is 0.481 e. The summed E-state index contributed by atoms with van der Waals surface area (Å²) >= 11 is 1.22. The van der Waals surface area contributed by atoms with Crippen LogP contribution in [0.15, 0.2) is 24.7 Å². The third-order valence-electron chi connectivity index (χ3n) is 4.59. The van der Waals surface area contributed by atoms with Crippen molar-refractivity contribution in [3.8, 4) is 10.8 Å². The number of thiazole rings is 1. The zero-order chi connectivity index (χ0) is 17.3. The number of aliphatic carboxylic acids is 1. The van der Waals surface area contributed by atoms with Crippen LogP contribution < -0.4 is 0 Å². The summed E-state index contributed by atoms with van der Waals surface area (Å²) in [6, 6.07) is 1.71. The molecule has 0 saturated carbocycles. The van der Waals surface area contributed by atoms with Crippen LogP contribution in [0.1, 0.15) is 29.9 Å². The molecule has 0 radical (unpaired) electrons. The van der Waals surface area contributed by atoms with Crippen molar-refractivity contribution in [2.24, 2.45) is 11.3 Å². The van der Waals surface area contributed by atoms with Gasteiger partial charge < -0.3 is 10.0 Å². The van der Waals surface area contributed by atoms with E-state index in [0.717, 1.165) is 0 Å². The van der Waals surface area contributed by atoms with Gasteiger partial charge in [0.25, 0.3) is 5.91 Å². The lowest BCUT2D eigenvalue weighted by Gasteiger charge is -2.28. The van der Waals surface area contributed by atoms with Gasteiger partial charge in [-0.05, 0) is 18.4 Å². The fraction of sp³-hybridized carbons (Fsp3) is 0.438. The van der Waals surface area contributed by atoms with Gasteiger partial charge in [-0.3, -0.25) is 9.59 Å². The standard InChI is InChI=1S/C16H18N4O3S/c1-10(2)16(15(22)23)4-7-20(9-16)14(21)11-8-19-13(24-11)12-17-5-3-6-18-12/h3,5-6,8,10H,4,7,9H2,1-2H3,(H,22,23). The summed E-state index contributed by atoms with van der Waals surface area (Å²) in [7, 11) is 0. The van der Waals surface area contributed by atoms with Gasteiger partial charge in [-0.25, -0.2) is 15.0 Å². The van der Waals surface area contributed by atoms with Gasteiger partial charge in [-0.15, -0.1) is 11.3 Å². The maximum atomic E-state index is 12.7. The first kappa shape index (κ1) is 16.5. The average Bonchev–Trinajstić information content (AvgIpc) is 3.23. The highest BCUT2D eigenvalue weighted by Crippen LogP contribution is 2.39. The lowest BCUT2D eigenvalue weighted by atomic mass is 9.76. The van der Waals surface area contributed by atoms with Crippen molar-refractivity contribution in [2.75, 3.05) is 13.1 Å². The first-order chi connectivity index (χ1) is 11.4. The summed E-state index contributed by atoms with van der Waals surface area (Å²) in [5.41, 5.74) is -0.869. The lowest BCUT2D eigenvalue weighted by molar-refractivity contribution is -0.150. The highest BCUT2D eigenvalue weighted by Gasteiger charge is 2.48. The van der Waals surface area contributed by atoms with Crippen molar-refractivity contribution in [1.82, 2.24) is 19.9 Å². The van der Waals surface area contributed by atoms with E-state index in [0.29, 0.717) is 28.7 Å². The number of carbonyl (C=O) groups excluding carboxylic acids is 1. The molecule has 1 fully saturated rings. The van der Waals surface area contributed by atoms with Crippen LogP contribution in [0.4, 0.5) is 0 Å². The van der Waals surface area contributed by atoms with Gasteiger partial charge in [0.05, 0.1) is 11.6 Å². The van der Waals surface area contributed by atoms with Gasteiger partial charge in [0.15, 0.2) is 10.8 Å². The molecule has 0 aromatic carbocycles. The SMILES string of the molecule is CC(C)C1(C(=O)O)CCN(C(=O)c2cnc(-c3ncccn3)s2)C1. The minimum atomic E-state index is -0.869. The number of carbonyl (C=O) groups is 2. The van der Waals surface area contributed by atoms with E-state index in [1.165, 1.54) is 17.5 Å². The summed E-state index contributed by atoms with van der Waals surface area (Å²) in [5, 5.41) is 10.2. The number of aromatic nitrogens is 3. The zero-order valence-corrected chi connectivity index (χ0v) is 14.3. The predicted octanol–water partition coefficient (Wildman–Crippen LogP) is 2.17. The number of hydrogen-bond acceptors (Lipinski definition) is 6. The molecule has 1 amide bonds. The van der Waals surface area contributed by atoms with Crippen molar-refractivity contribution in [2.45, 2.75) is 20.3 Å². The van der Waals surface area contributed by atoms with Crippen LogP contribution in [-0.4, -0.2) is 49.9 Å². The molecule has 0 spiro atoms. The minimum absolute atomic E-state index is 0.0393. The molecule has 3 rings (SSSR count). The molecule has 1 unspecified atom stereocenters. The molecule has 1 saturated heterocycles. The Balaban J connectivity index is 1.79. The van der Waals surface area contributed by atoms with Crippen molar-refractivity contribution >= 4 is 23.2 Å². The normalized spacial score (nSPS) is 20.5. The Morgan fingerprint density at radius 1 is 1.29 bits per heavy atom. The van der Waals surface area contributed by atoms with Crippen molar-refractivity contribution in [3.63, 3.8) is 0 Å². The van der Waals surface area contributed by atoms with Crippen molar-refractivity contribution < 1.29 is 14.7 Å². The Bertz CT molecular complexity index is 762. The summed E-state index contributed by atoms with van der Waals surface area (Å²) in [6.07, 6.45) is 5.22. The molecule has 3 heterocycles. The molecule has 1 atom stereocenters. The molecular formula is C16H18N4O3S. The molecule has 126 valence electrons. The smallest absolute Gasteiger partial charge is 0.311 e. The topological polar surface area (TPSA) is 96.3 Å². The van der Waals surface area contributed by atoms with E-state index in [-0.39, 0.29) is 18.4 Å². The molecule has 0 aliphatic carbocycles. The lowest BCUT2D eigenvalue weighted by Crippen LogP contribution is -2.40. The molecule has 1 aliphatic heterocycles. The molecule has 24 heavy (non-hydrogen) atoms. The summed E-state index contributed by atoms with van der Waals surface area (Å²) in [4.78, 5) is 38.9. The van der Waals surface area contributed by atoms with E-state index in [9.17, 15) is 14.7 Å². The fourth-order valence-corrected chi connectivity index (χ4v) is 3.77. The Hall–Kier alpha value is -2.35. The maximum Gasteiger partial charge on any atom is 0.311 e. The Labute approximate surface area is 143 Å². The van der Waals surface area contributed by atoms with Crippen LogP contribution in [0.25, 0.3) is 10.8 Å². The van der Waals surface area contributed by atoms with E-state index >= 15 is 0 Å². The van der Waals surface area contributed by atoms with Gasteiger partial charge in [0, 0.05) is 25.5 Å². The molecule has 2 aromatic heterocycles. The number of nitrogens with zero attached hydrogens (tertiary/aromatic N) is 4. The first-order valence-corrected chi connectivity index (χ1v) is 8.51. The molecule has 2 aromatic rings. The van der Waals surface area contributed by atoms with Crippen LogP contribution in [0, 0.1) is 11.3 Å². The first-order valence-electron chi connectivity index (χ1n) is 7.70. The van der Waals surface area contributed by atoms with Crippen molar-refractivity contribution in [3.05, 3.63) is 29.5 Å². The molecule has 1 aliphatic rings. The fourth-order valence-electron chi connectivity index (χ4n) is 2.94. The molecule has 1 N–H and O–H groups in total. The molecule has 8 heteroatoms. The number of hydrogen-bond donors (Lipinski definition) is 1. The number of carboxylic acids is 1. The van der Waals surface area contributed by atoms with Gasteiger partial charge >= 0.3 is 5.97 Å². The zero-order valence-electron chi connectivity index (χ0n) is 13.5. The maximum absolute atomic E-state index is 12.7. The average molecular weight is 346 g/mol. The minimum Gasteiger partial charge on any atom is -0.481 e. The van der Waals surface area contributed by atoms with Crippen LogP contribution in [0.3, 0.4) is 0 Å². The number of amides is 1. The van der Waals surface area contributed by atoms with Gasteiger partial charge in [-0.1, -0.05) is 13.8 Å². The Morgan fingerprint density at radius 2 is 2.00 bits per heavy atom. The highest BCUT2D eigenvalue weighted by molar-refractivity contribution is 7.16. The van der Waals surface area contributed by atoms with Crippen LogP contribution in [-0.2, 0) is 4.79 Å². The Morgan fingerprint density at radius 3 is 2.58 bits per heavy atom. The Kier molecular flexibility index (Phi) is 4.31.